The van der Waals surface area contributed by atoms with Crippen LogP contribution < -0.4 is 10.6 Å². The van der Waals surface area contributed by atoms with Crippen molar-refractivity contribution >= 4 is 23.2 Å². The van der Waals surface area contributed by atoms with Crippen LogP contribution in [0.5, 0.6) is 0 Å². The fourth-order valence-electron chi connectivity index (χ4n) is 2.74. The molecule has 0 saturated carbocycles. The largest absolute Gasteiger partial charge is 0.324 e. The number of anilines is 3. The maximum Gasteiger partial charge on any atom is 0.274 e. The van der Waals surface area contributed by atoms with Gasteiger partial charge in [-0.3, -0.25) is 4.79 Å². The van der Waals surface area contributed by atoms with Crippen LogP contribution in [-0.4, -0.2) is 15.9 Å². The first kappa shape index (κ1) is 18.6. The minimum atomic E-state index is -0.270. The second kappa shape index (κ2) is 7.58. The van der Waals surface area contributed by atoms with E-state index >= 15 is 0 Å². The van der Waals surface area contributed by atoms with Gasteiger partial charge in [0.05, 0.1) is 0 Å². The second-order valence-corrected chi connectivity index (χ2v) is 7.51. The third kappa shape index (κ3) is 4.70. The average molecular weight is 360 g/mol. The Balaban J connectivity index is 1.80. The van der Waals surface area contributed by atoms with Gasteiger partial charge in [0.2, 0.25) is 5.95 Å². The van der Waals surface area contributed by atoms with Gasteiger partial charge >= 0.3 is 0 Å². The molecule has 2 aromatic carbocycles. The third-order valence-electron chi connectivity index (χ3n) is 4.18. The number of carbonyl (C=O) groups excluding carboxylic acids is 1. The summed E-state index contributed by atoms with van der Waals surface area (Å²) in [6, 6.07) is 17.3. The van der Waals surface area contributed by atoms with E-state index in [9.17, 15) is 4.79 Å². The fourth-order valence-corrected chi connectivity index (χ4v) is 2.74. The van der Waals surface area contributed by atoms with E-state index in [2.05, 4.69) is 47.4 Å². The van der Waals surface area contributed by atoms with Gasteiger partial charge < -0.3 is 10.6 Å². The molecule has 138 valence electrons. The number of rotatable bonds is 4. The number of nitrogens with one attached hydrogen (secondary N) is 2. The van der Waals surface area contributed by atoms with E-state index in [0.717, 1.165) is 22.5 Å². The summed E-state index contributed by atoms with van der Waals surface area (Å²) in [6.07, 6.45) is 1.58. The van der Waals surface area contributed by atoms with E-state index in [4.69, 9.17) is 0 Å². The average Bonchev–Trinajstić information content (AvgIpc) is 2.63. The molecule has 0 aliphatic rings. The maximum absolute atomic E-state index is 12.5. The van der Waals surface area contributed by atoms with Gasteiger partial charge in [0, 0.05) is 17.6 Å². The number of para-hydroxylation sites is 1. The molecule has 3 aromatic rings. The van der Waals surface area contributed by atoms with E-state index < -0.39 is 0 Å². The Bertz CT molecular complexity index is 943. The lowest BCUT2D eigenvalue weighted by molar-refractivity contribution is 0.102. The van der Waals surface area contributed by atoms with Gasteiger partial charge in [-0.1, -0.05) is 56.7 Å². The number of nitrogens with zero attached hydrogens (tertiary/aromatic N) is 2. The van der Waals surface area contributed by atoms with Gasteiger partial charge in [-0.25, -0.2) is 9.97 Å². The Morgan fingerprint density at radius 2 is 1.67 bits per heavy atom. The zero-order valence-electron chi connectivity index (χ0n) is 16.1. The smallest absolute Gasteiger partial charge is 0.274 e. The summed E-state index contributed by atoms with van der Waals surface area (Å²) >= 11 is 0. The molecule has 0 radical (unpaired) electrons. The zero-order valence-corrected chi connectivity index (χ0v) is 16.1. The van der Waals surface area contributed by atoms with Crippen molar-refractivity contribution in [3.63, 3.8) is 0 Å². The molecule has 0 atom stereocenters. The molecule has 1 aromatic heterocycles. The summed E-state index contributed by atoms with van der Waals surface area (Å²) in [5, 5.41) is 6.10. The minimum absolute atomic E-state index is 0.0238. The SMILES string of the molecule is Cc1ccc(NC(=O)c2ccnc(Nc3ccccc3C(C)(C)C)n2)cc1. The molecule has 2 N–H and O–H groups in total. The summed E-state index contributed by atoms with van der Waals surface area (Å²) in [5.41, 5.74) is 4.24. The van der Waals surface area contributed by atoms with Crippen LogP contribution in [0.3, 0.4) is 0 Å². The van der Waals surface area contributed by atoms with E-state index in [1.165, 1.54) is 0 Å². The first-order valence-corrected chi connectivity index (χ1v) is 8.90. The Labute approximate surface area is 159 Å². The molecule has 3 rings (SSSR count). The molecular formula is C22H24N4O. The van der Waals surface area contributed by atoms with E-state index in [1.807, 2.05) is 49.4 Å². The summed E-state index contributed by atoms with van der Waals surface area (Å²) in [7, 11) is 0. The molecule has 1 heterocycles. The topological polar surface area (TPSA) is 66.9 Å². The number of carbonyl (C=O) groups is 1. The van der Waals surface area contributed by atoms with Crippen LogP contribution in [0.25, 0.3) is 0 Å². The summed E-state index contributed by atoms with van der Waals surface area (Å²) in [4.78, 5) is 21.1. The monoisotopic (exact) mass is 360 g/mol. The van der Waals surface area contributed by atoms with Gasteiger partial charge in [-0.2, -0.15) is 0 Å². The predicted octanol–water partition coefficient (Wildman–Crippen LogP) is 5.08. The molecule has 5 nitrogen and oxygen atoms in total. The Kier molecular flexibility index (Phi) is 5.21. The number of aryl methyl sites for hydroxylation is 1. The first-order chi connectivity index (χ1) is 12.8. The van der Waals surface area contributed by atoms with Crippen molar-refractivity contribution in [3.8, 4) is 0 Å². The van der Waals surface area contributed by atoms with E-state index in [-0.39, 0.29) is 11.3 Å². The lowest BCUT2D eigenvalue weighted by Gasteiger charge is -2.23. The zero-order chi connectivity index (χ0) is 19.4. The maximum atomic E-state index is 12.5. The summed E-state index contributed by atoms with van der Waals surface area (Å²) in [5.74, 6) is 0.122. The number of aromatic nitrogens is 2. The molecule has 0 fully saturated rings. The summed E-state index contributed by atoms with van der Waals surface area (Å²) in [6.45, 7) is 8.46. The molecule has 0 aliphatic heterocycles. The van der Waals surface area contributed by atoms with Crippen molar-refractivity contribution in [2.75, 3.05) is 10.6 Å². The first-order valence-electron chi connectivity index (χ1n) is 8.90. The predicted molar refractivity (Wildman–Crippen MR) is 110 cm³/mol. The lowest BCUT2D eigenvalue weighted by Crippen LogP contribution is -2.16. The van der Waals surface area contributed by atoms with Crippen LogP contribution >= 0.6 is 0 Å². The van der Waals surface area contributed by atoms with Crippen molar-refractivity contribution in [2.45, 2.75) is 33.1 Å². The van der Waals surface area contributed by atoms with Crippen molar-refractivity contribution in [2.24, 2.45) is 0 Å². The van der Waals surface area contributed by atoms with Gasteiger partial charge in [-0.15, -0.1) is 0 Å². The van der Waals surface area contributed by atoms with Crippen molar-refractivity contribution in [1.29, 1.82) is 0 Å². The van der Waals surface area contributed by atoms with E-state index in [1.54, 1.807) is 12.3 Å². The highest BCUT2D eigenvalue weighted by molar-refractivity contribution is 6.03. The molecule has 0 spiro atoms. The molecule has 0 aliphatic carbocycles. The van der Waals surface area contributed by atoms with Crippen molar-refractivity contribution < 1.29 is 4.79 Å². The fraction of sp³-hybridized carbons (Fsp3) is 0.227. The van der Waals surface area contributed by atoms with Crippen LogP contribution in [0.2, 0.25) is 0 Å². The van der Waals surface area contributed by atoms with Crippen LogP contribution in [0.15, 0.2) is 60.8 Å². The highest BCUT2D eigenvalue weighted by atomic mass is 16.1. The van der Waals surface area contributed by atoms with Gasteiger partial charge in [-0.05, 0) is 42.2 Å². The molecule has 0 unspecified atom stereocenters. The number of benzene rings is 2. The third-order valence-corrected chi connectivity index (χ3v) is 4.18. The van der Waals surface area contributed by atoms with Gasteiger partial charge in [0.1, 0.15) is 5.69 Å². The van der Waals surface area contributed by atoms with Crippen molar-refractivity contribution in [1.82, 2.24) is 9.97 Å². The van der Waals surface area contributed by atoms with Crippen LogP contribution in [0, 0.1) is 6.92 Å². The van der Waals surface area contributed by atoms with Crippen LogP contribution in [0.4, 0.5) is 17.3 Å². The number of hydrogen-bond donors (Lipinski definition) is 2. The van der Waals surface area contributed by atoms with Gasteiger partial charge in [0.15, 0.2) is 0 Å². The molecule has 5 heteroatoms. The van der Waals surface area contributed by atoms with Crippen molar-refractivity contribution in [3.05, 3.63) is 77.6 Å². The molecular weight excluding hydrogens is 336 g/mol. The summed E-state index contributed by atoms with van der Waals surface area (Å²) < 4.78 is 0. The van der Waals surface area contributed by atoms with Crippen LogP contribution in [-0.2, 0) is 5.41 Å². The molecule has 0 bridgehead atoms. The molecule has 27 heavy (non-hydrogen) atoms. The standard InChI is InChI=1S/C22H24N4O/c1-15-9-11-16(12-10-15)24-20(27)19-13-14-23-21(26-19)25-18-8-6-5-7-17(18)22(2,3)4/h5-14H,1-4H3,(H,24,27)(H,23,25,26). The number of amides is 1. The Morgan fingerprint density at radius 3 is 2.37 bits per heavy atom. The quantitative estimate of drug-likeness (QED) is 0.681. The lowest BCUT2D eigenvalue weighted by atomic mass is 9.86. The molecule has 0 saturated heterocycles. The van der Waals surface area contributed by atoms with E-state index in [0.29, 0.717) is 11.6 Å². The normalized spacial score (nSPS) is 11.1. The Morgan fingerprint density at radius 1 is 0.963 bits per heavy atom. The minimum Gasteiger partial charge on any atom is -0.324 e. The van der Waals surface area contributed by atoms with Crippen LogP contribution in [0.1, 0.15) is 42.4 Å². The number of hydrogen-bond acceptors (Lipinski definition) is 4. The van der Waals surface area contributed by atoms with Gasteiger partial charge in [0.25, 0.3) is 5.91 Å². The highest BCUT2D eigenvalue weighted by Gasteiger charge is 2.18. The second-order valence-electron chi connectivity index (χ2n) is 7.51. The highest BCUT2D eigenvalue weighted by Crippen LogP contribution is 2.30. The Hall–Kier alpha value is -3.21. The molecule has 1 amide bonds.